The fourth-order valence-corrected chi connectivity index (χ4v) is 1.75. The Balaban J connectivity index is 2.47. The average Bonchev–Trinajstić information content (AvgIpc) is 2.34. The van der Waals surface area contributed by atoms with E-state index in [1.165, 1.54) is 18.5 Å². The third-order valence-corrected chi connectivity index (χ3v) is 2.75. The summed E-state index contributed by atoms with van der Waals surface area (Å²) in [6, 6.07) is 6.29. The second-order valence-electron chi connectivity index (χ2n) is 4.49. The van der Waals surface area contributed by atoms with Crippen LogP contribution in [0, 0.1) is 0 Å². The molecular weight excluding hydrogens is 210 g/mol. The van der Waals surface area contributed by atoms with E-state index < -0.39 is 0 Å². The van der Waals surface area contributed by atoms with Gasteiger partial charge in [-0.1, -0.05) is 26.3 Å². The van der Waals surface area contributed by atoms with E-state index >= 15 is 0 Å². The van der Waals surface area contributed by atoms with Crippen LogP contribution in [0.25, 0.3) is 0 Å². The Bertz CT molecular complexity index is 312. The molecule has 0 aliphatic carbocycles. The van der Waals surface area contributed by atoms with Crippen molar-refractivity contribution in [2.24, 2.45) is 0 Å². The number of hydrogen-bond acceptors (Lipinski definition) is 3. The minimum atomic E-state index is 0.864. The Morgan fingerprint density at radius 1 is 1.24 bits per heavy atom. The quantitative estimate of drug-likeness (QED) is 0.750. The molecule has 3 heteroatoms. The number of pyridine rings is 1. The van der Waals surface area contributed by atoms with Crippen LogP contribution in [0.1, 0.15) is 38.1 Å². The van der Waals surface area contributed by atoms with Crippen LogP contribution in [-0.4, -0.2) is 30.0 Å². The van der Waals surface area contributed by atoms with Crippen molar-refractivity contribution in [2.75, 3.05) is 20.1 Å². The summed E-state index contributed by atoms with van der Waals surface area (Å²) in [7, 11) is 2.16. The predicted octanol–water partition coefficient (Wildman–Crippen LogP) is 2.42. The Morgan fingerprint density at radius 3 is 2.71 bits per heavy atom. The van der Waals surface area contributed by atoms with E-state index in [0.717, 1.165) is 31.9 Å². The lowest BCUT2D eigenvalue weighted by Gasteiger charge is -2.16. The zero-order valence-electron chi connectivity index (χ0n) is 11.4. The number of unbranched alkanes of at least 4 members (excludes halogenated alkanes) is 1. The maximum absolute atomic E-state index is 4.65. The van der Waals surface area contributed by atoms with Crippen LogP contribution < -0.4 is 5.32 Å². The number of hydrogen-bond donors (Lipinski definition) is 1. The molecule has 96 valence electrons. The normalized spacial score (nSPS) is 11.1. The van der Waals surface area contributed by atoms with Crippen molar-refractivity contribution in [3.8, 4) is 0 Å². The van der Waals surface area contributed by atoms with Gasteiger partial charge in [-0.15, -0.1) is 0 Å². The fraction of sp³-hybridized carbons (Fsp3) is 0.643. The standard InChI is InChI=1S/C14H25N3/c1-4-6-10-17(3)12-14-9-7-8-13(16-14)11-15-5-2/h7-9,15H,4-6,10-12H2,1-3H3. The molecule has 0 bridgehead atoms. The van der Waals surface area contributed by atoms with E-state index in [1.807, 2.05) is 0 Å². The Kier molecular flexibility index (Phi) is 6.82. The largest absolute Gasteiger partial charge is 0.311 e. The highest BCUT2D eigenvalue weighted by molar-refractivity contribution is 5.11. The maximum Gasteiger partial charge on any atom is 0.0547 e. The van der Waals surface area contributed by atoms with Gasteiger partial charge in [0.2, 0.25) is 0 Å². The van der Waals surface area contributed by atoms with E-state index in [1.54, 1.807) is 0 Å². The van der Waals surface area contributed by atoms with Crippen molar-refractivity contribution in [1.29, 1.82) is 0 Å². The molecule has 0 spiro atoms. The molecule has 1 heterocycles. The van der Waals surface area contributed by atoms with E-state index in [9.17, 15) is 0 Å². The molecule has 0 atom stereocenters. The zero-order valence-corrected chi connectivity index (χ0v) is 11.4. The molecule has 1 rings (SSSR count). The highest BCUT2D eigenvalue weighted by Crippen LogP contribution is 2.03. The van der Waals surface area contributed by atoms with Crippen LogP contribution in [0.5, 0.6) is 0 Å². The number of nitrogens with zero attached hydrogens (tertiary/aromatic N) is 2. The van der Waals surface area contributed by atoms with Gasteiger partial charge in [-0.2, -0.15) is 0 Å². The summed E-state index contributed by atoms with van der Waals surface area (Å²) in [6.45, 7) is 8.28. The van der Waals surface area contributed by atoms with Crippen LogP contribution in [-0.2, 0) is 13.1 Å². The second-order valence-corrected chi connectivity index (χ2v) is 4.49. The van der Waals surface area contributed by atoms with Crippen LogP contribution in [0.2, 0.25) is 0 Å². The van der Waals surface area contributed by atoms with Crippen molar-refractivity contribution < 1.29 is 0 Å². The van der Waals surface area contributed by atoms with Gasteiger partial charge in [-0.25, -0.2) is 0 Å². The molecule has 3 nitrogen and oxygen atoms in total. The summed E-state index contributed by atoms with van der Waals surface area (Å²) >= 11 is 0. The molecule has 0 radical (unpaired) electrons. The van der Waals surface area contributed by atoms with Gasteiger partial charge in [0.05, 0.1) is 11.4 Å². The summed E-state index contributed by atoms with van der Waals surface area (Å²) in [4.78, 5) is 6.99. The molecule has 0 aliphatic heterocycles. The second kappa shape index (κ2) is 8.20. The molecule has 1 aromatic heterocycles. The first-order valence-corrected chi connectivity index (χ1v) is 6.60. The molecule has 0 saturated carbocycles. The van der Waals surface area contributed by atoms with Gasteiger partial charge < -0.3 is 10.2 Å². The summed E-state index contributed by atoms with van der Waals surface area (Å²) in [6.07, 6.45) is 2.51. The first kappa shape index (κ1) is 14.1. The van der Waals surface area contributed by atoms with Crippen molar-refractivity contribution in [1.82, 2.24) is 15.2 Å². The van der Waals surface area contributed by atoms with Crippen molar-refractivity contribution in [3.63, 3.8) is 0 Å². The SMILES string of the molecule is CCCCN(C)Cc1cccc(CNCC)n1. The van der Waals surface area contributed by atoms with Gasteiger partial charge in [0.25, 0.3) is 0 Å². The molecule has 0 amide bonds. The van der Waals surface area contributed by atoms with Gasteiger partial charge in [-0.05, 0) is 38.7 Å². The van der Waals surface area contributed by atoms with Gasteiger partial charge in [0.1, 0.15) is 0 Å². The van der Waals surface area contributed by atoms with E-state index in [-0.39, 0.29) is 0 Å². The number of nitrogens with one attached hydrogen (secondary N) is 1. The minimum Gasteiger partial charge on any atom is -0.311 e. The zero-order chi connectivity index (χ0) is 12.5. The summed E-state index contributed by atoms with van der Waals surface area (Å²) in [5.74, 6) is 0. The molecule has 1 N–H and O–H groups in total. The molecule has 0 fully saturated rings. The molecule has 17 heavy (non-hydrogen) atoms. The topological polar surface area (TPSA) is 28.2 Å². The highest BCUT2D eigenvalue weighted by Gasteiger charge is 2.02. The van der Waals surface area contributed by atoms with Crippen molar-refractivity contribution in [2.45, 2.75) is 39.8 Å². The molecule has 0 aliphatic rings. The molecular formula is C14H25N3. The fourth-order valence-electron chi connectivity index (χ4n) is 1.75. The van der Waals surface area contributed by atoms with Crippen LogP contribution in [0.4, 0.5) is 0 Å². The van der Waals surface area contributed by atoms with Crippen molar-refractivity contribution >= 4 is 0 Å². The Hall–Kier alpha value is -0.930. The van der Waals surface area contributed by atoms with E-state index in [0.29, 0.717) is 0 Å². The first-order valence-electron chi connectivity index (χ1n) is 6.60. The third kappa shape index (κ3) is 5.80. The summed E-state index contributed by atoms with van der Waals surface area (Å²) < 4.78 is 0. The Morgan fingerprint density at radius 2 is 2.00 bits per heavy atom. The smallest absolute Gasteiger partial charge is 0.0547 e. The van der Waals surface area contributed by atoms with Gasteiger partial charge in [0, 0.05) is 13.1 Å². The molecule has 0 saturated heterocycles. The highest BCUT2D eigenvalue weighted by atomic mass is 15.1. The molecule has 0 aromatic carbocycles. The van der Waals surface area contributed by atoms with Crippen LogP contribution >= 0.6 is 0 Å². The summed E-state index contributed by atoms with van der Waals surface area (Å²) in [5, 5.41) is 3.30. The number of aromatic nitrogens is 1. The third-order valence-electron chi connectivity index (χ3n) is 2.75. The Labute approximate surface area is 105 Å². The van der Waals surface area contributed by atoms with Gasteiger partial charge in [0.15, 0.2) is 0 Å². The molecule has 0 unspecified atom stereocenters. The molecule has 1 aromatic rings. The lowest BCUT2D eigenvalue weighted by molar-refractivity contribution is 0.316. The van der Waals surface area contributed by atoms with Crippen LogP contribution in [0.3, 0.4) is 0 Å². The van der Waals surface area contributed by atoms with Crippen LogP contribution in [0.15, 0.2) is 18.2 Å². The number of rotatable bonds is 8. The van der Waals surface area contributed by atoms with E-state index in [4.69, 9.17) is 0 Å². The summed E-state index contributed by atoms with van der Waals surface area (Å²) in [5.41, 5.74) is 2.30. The van der Waals surface area contributed by atoms with Gasteiger partial charge >= 0.3 is 0 Å². The lowest BCUT2D eigenvalue weighted by Crippen LogP contribution is -2.20. The predicted molar refractivity (Wildman–Crippen MR) is 72.9 cm³/mol. The maximum atomic E-state index is 4.65. The first-order chi connectivity index (χ1) is 8.26. The monoisotopic (exact) mass is 235 g/mol. The van der Waals surface area contributed by atoms with Gasteiger partial charge in [-0.3, -0.25) is 4.98 Å². The minimum absolute atomic E-state index is 0.864. The average molecular weight is 235 g/mol. The van der Waals surface area contributed by atoms with Crippen molar-refractivity contribution in [3.05, 3.63) is 29.6 Å². The van der Waals surface area contributed by atoms with E-state index in [2.05, 4.69) is 54.3 Å². The lowest BCUT2D eigenvalue weighted by atomic mass is 10.2.